The maximum atomic E-state index is 11.5. The molecule has 0 radical (unpaired) electrons. The fourth-order valence-corrected chi connectivity index (χ4v) is 2.12. The third-order valence-electron chi connectivity index (χ3n) is 2.85. The highest BCUT2D eigenvalue weighted by atomic mass is 16.5. The minimum atomic E-state index is -0.193. The topological polar surface area (TPSA) is 26.3 Å². The molecule has 0 aromatic heterocycles. The van der Waals surface area contributed by atoms with Gasteiger partial charge in [-0.15, -0.1) is 0 Å². The van der Waals surface area contributed by atoms with E-state index >= 15 is 0 Å². The highest BCUT2D eigenvalue weighted by molar-refractivity contribution is 5.99. The summed E-state index contributed by atoms with van der Waals surface area (Å²) in [5.74, 6) is -0.193. The van der Waals surface area contributed by atoms with Crippen LogP contribution in [0.5, 0.6) is 0 Å². The quantitative estimate of drug-likeness (QED) is 0.608. The first-order chi connectivity index (χ1) is 7.36. The minimum Gasteiger partial charge on any atom is -0.462 e. The van der Waals surface area contributed by atoms with E-state index in [0.29, 0.717) is 6.61 Å². The number of rotatable bonds is 0. The standard InChI is InChI=1S/C13H10O2/c14-13-12-6-5-9-3-1-2-4-10(9)11(12)7-8-15-13/h1-6H,7-8H2. The number of ether oxygens (including phenoxy) is 1. The van der Waals surface area contributed by atoms with Crippen molar-refractivity contribution in [3.05, 3.63) is 47.5 Å². The molecule has 0 atom stereocenters. The zero-order valence-electron chi connectivity index (χ0n) is 8.19. The van der Waals surface area contributed by atoms with Crippen LogP contribution in [-0.2, 0) is 11.2 Å². The summed E-state index contributed by atoms with van der Waals surface area (Å²) in [6.45, 7) is 0.500. The summed E-state index contributed by atoms with van der Waals surface area (Å²) in [7, 11) is 0. The molecule has 1 aliphatic heterocycles. The van der Waals surface area contributed by atoms with E-state index in [2.05, 4.69) is 12.1 Å². The number of benzene rings is 2. The lowest BCUT2D eigenvalue weighted by Gasteiger charge is -2.17. The average molecular weight is 198 g/mol. The third kappa shape index (κ3) is 1.22. The van der Waals surface area contributed by atoms with E-state index in [0.717, 1.165) is 17.5 Å². The van der Waals surface area contributed by atoms with E-state index in [1.807, 2.05) is 24.3 Å². The molecule has 2 aromatic carbocycles. The lowest BCUT2D eigenvalue weighted by molar-refractivity contribution is 0.0481. The highest BCUT2D eigenvalue weighted by Gasteiger charge is 2.19. The smallest absolute Gasteiger partial charge is 0.338 e. The predicted molar refractivity (Wildman–Crippen MR) is 57.9 cm³/mol. The van der Waals surface area contributed by atoms with Gasteiger partial charge in [0.15, 0.2) is 0 Å². The van der Waals surface area contributed by atoms with E-state index in [4.69, 9.17) is 4.74 Å². The molecule has 0 N–H and O–H groups in total. The van der Waals surface area contributed by atoms with Crippen molar-refractivity contribution in [1.82, 2.24) is 0 Å². The molecule has 0 unspecified atom stereocenters. The molecule has 3 rings (SSSR count). The largest absolute Gasteiger partial charge is 0.462 e. The Morgan fingerprint density at radius 3 is 2.87 bits per heavy atom. The van der Waals surface area contributed by atoms with Crippen molar-refractivity contribution in [2.75, 3.05) is 6.61 Å². The van der Waals surface area contributed by atoms with Gasteiger partial charge in [-0.2, -0.15) is 0 Å². The summed E-state index contributed by atoms with van der Waals surface area (Å²) in [6.07, 6.45) is 0.822. The van der Waals surface area contributed by atoms with Gasteiger partial charge < -0.3 is 4.74 Å². The van der Waals surface area contributed by atoms with Crippen molar-refractivity contribution >= 4 is 16.7 Å². The molecule has 0 saturated heterocycles. The molecular weight excluding hydrogens is 188 g/mol. The van der Waals surface area contributed by atoms with Crippen LogP contribution in [0.2, 0.25) is 0 Å². The van der Waals surface area contributed by atoms with Gasteiger partial charge in [-0.1, -0.05) is 30.3 Å². The summed E-state index contributed by atoms with van der Waals surface area (Å²) in [5.41, 5.74) is 1.85. The Labute approximate surface area is 87.5 Å². The van der Waals surface area contributed by atoms with Crippen molar-refractivity contribution < 1.29 is 9.53 Å². The predicted octanol–water partition coefficient (Wildman–Crippen LogP) is 2.55. The molecule has 74 valence electrons. The Balaban J connectivity index is 2.38. The van der Waals surface area contributed by atoms with Crippen LogP contribution >= 0.6 is 0 Å². The van der Waals surface area contributed by atoms with Gasteiger partial charge >= 0.3 is 5.97 Å². The fraction of sp³-hybridized carbons (Fsp3) is 0.154. The van der Waals surface area contributed by atoms with Gasteiger partial charge in [-0.3, -0.25) is 0 Å². The van der Waals surface area contributed by atoms with Crippen molar-refractivity contribution in [2.24, 2.45) is 0 Å². The maximum Gasteiger partial charge on any atom is 0.338 e. The Kier molecular flexibility index (Phi) is 1.75. The minimum absolute atomic E-state index is 0.193. The van der Waals surface area contributed by atoms with Crippen molar-refractivity contribution in [3.63, 3.8) is 0 Å². The second-order valence-corrected chi connectivity index (χ2v) is 3.70. The van der Waals surface area contributed by atoms with Crippen LogP contribution < -0.4 is 0 Å². The molecule has 0 spiro atoms. The Morgan fingerprint density at radius 1 is 1.07 bits per heavy atom. The van der Waals surface area contributed by atoms with Crippen LogP contribution in [0.3, 0.4) is 0 Å². The van der Waals surface area contributed by atoms with E-state index in [1.54, 1.807) is 0 Å². The lowest BCUT2D eigenvalue weighted by atomic mass is 9.95. The average Bonchev–Trinajstić information content (AvgIpc) is 2.29. The second-order valence-electron chi connectivity index (χ2n) is 3.70. The van der Waals surface area contributed by atoms with Crippen LogP contribution in [0, 0.1) is 0 Å². The molecule has 2 heteroatoms. The van der Waals surface area contributed by atoms with Crippen molar-refractivity contribution in [1.29, 1.82) is 0 Å². The third-order valence-corrected chi connectivity index (χ3v) is 2.85. The summed E-state index contributed by atoms with van der Waals surface area (Å²) in [5, 5.41) is 2.36. The summed E-state index contributed by atoms with van der Waals surface area (Å²) in [6, 6.07) is 12.0. The molecule has 2 aromatic rings. The highest BCUT2D eigenvalue weighted by Crippen LogP contribution is 2.26. The summed E-state index contributed by atoms with van der Waals surface area (Å²) in [4.78, 5) is 11.5. The number of carbonyl (C=O) groups is 1. The number of fused-ring (bicyclic) bond motifs is 3. The number of cyclic esters (lactones) is 1. The number of esters is 1. The van der Waals surface area contributed by atoms with Gasteiger partial charge in [-0.25, -0.2) is 4.79 Å². The van der Waals surface area contributed by atoms with Gasteiger partial charge in [0.1, 0.15) is 0 Å². The normalized spacial score (nSPS) is 14.8. The zero-order valence-corrected chi connectivity index (χ0v) is 8.19. The Morgan fingerprint density at radius 2 is 1.93 bits per heavy atom. The van der Waals surface area contributed by atoms with Gasteiger partial charge in [0.05, 0.1) is 12.2 Å². The SMILES string of the molecule is O=C1OCCc2c1ccc1ccccc21. The monoisotopic (exact) mass is 198 g/mol. The van der Waals surface area contributed by atoms with Gasteiger partial charge in [0.25, 0.3) is 0 Å². The van der Waals surface area contributed by atoms with E-state index in [-0.39, 0.29) is 5.97 Å². The molecule has 0 fully saturated rings. The van der Waals surface area contributed by atoms with Gasteiger partial charge in [0, 0.05) is 6.42 Å². The van der Waals surface area contributed by atoms with Crippen LogP contribution in [0.1, 0.15) is 15.9 Å². The molecular formula is C13H10O2. The first-order valence-corrected chi connectivity index (χ1v) is 5.04. The van der Waals surface area contributed by atoms with Crippen LogP contribution in [0.4, 0.5) is 0 Å². The lowest BCUT2D eigenvalue weighted by Crippen LogP contribution is -2.17. The van der Waals surface area contributed by atoms with Crippen LogP contribution in [-0.4, -0.2) is 12.6 Å². The molecule has 0 aliphatic carbocycles. The number of hydrogen-bond acceptors (Lipinski definition) is 2. The van der Waals surface area contributed by atoms with E-state index in [1.165, 1.54) is 10.8 Å². The van der Waals surface area contributed by atoms with Crippen molar-refractivity contribution in [3.8, 4) is 0 Å². The molecule has 15 heavy (non-hydrogen) atoms. The molecule has 0 amide bonds. The number of hydrogen-bond donors (Lipinski definition) is 0. The Bertz CT molecular complexity index is 543. The van der Waals surface area contributed by atoms with Crippen molar-refractivity contribution in [2.45, 2.75) is 6.42 Å². The Hall–Kier alpha value is -1.83. The number of carbonyl (C=O) groups excluding carboxylic acids is 1. The zero-order chi connectivity index (χ0) is 10.3. The second kappa shape index (κ2) is 3.09. The van der Waals surface area contributed by atoms with E-state index in [9.17, 15) is 4.79 Å². The maximum absolute atomic E-state index is 11.5. The summed E-state index contributed by atoms with van der Waals surface area (Å²) < 4.78 is 5.01. The molecule has 2 nitrogen and oxygen atoms in total. The molecule has 0 saturated carbocycles. The van der Waals surface area contributed by atoms with Crippen LogP contribution in [0.25, 0.3) is 10.8 Å². The summed E-state index contributed by atoms with van der Waals surface area (Å²) >= 11 is 0. The molecule has 1 aliphatic rings. The first-order valence-electron chi connectivity index (χ1n) is 5.04. The van der Waals surface area contributed by atoms with Crippen LogP contribution in [0.15, 0.2) is 36.4 Å². The first kappa shape index (κ1) is 8.48. The van der Waals surface area contributed by atoms with Gasteiger partial charge in [-0.05, 0) is 22.4 Å². The van der Waals surface area contributed by atoms with E-state index < -0.39 is 0 Å². The fourth-order valence-electron chi connectivity index (χ4n) is 2.12. The molecule has 1 heterocycles. The molecule has 0 bridgehead atoms. The van der Waals surface area contributed by atoms with Gasteiger partial charge in [0.2, 0.25) is 0 Å².